The molecule has 2 aromatic heterocycles. The van der Waals surface area contributed by atoms with E-state index in [1.807, 2.05) is 20.0 Å². The molecule has 2 saturated carbocycles. The van der Waals surface area contributed by atoms with Crippen LogP contribution >= 0.6 is 0 Å². The smallest absolute Gasteiger partial charge is 0.395 e. The average Bonchev–Trinajstić information content (AvgIpc) is 3.00. The lowest BCUT2D eigenvalue weighted by molar-refractivity contribution is -0.137. The maximum absolute atomic E-state index is 13.2. The Morgan fingerprint density at radius 3 is 2.59 bits per heavy atom. The molecule has 2 aliphatic carbocycles. The Labute approximate surface area is 167 Å². The second-order valence-electron chi connectivity index (χ2n) is 8.37. The molecule has 158 valence electrons. The molecule has 0 bridgehead atoms. The van der Waals surface area contributed by atoms with Crippen LogP contribution in [0.15, 0.2) is 18.5 Å². The van der Waals surface area contributed by atoms with Crippen molar-refractivity contribution in [3.63, 3.8) is 0 Å². The number of imidazole rings is 1. The van der Waals surface area contributed by atoms with Crippen molar-refractivity contribution in [1.29, 1.82) is 0 Å². The highest BCUT2D eigenvalue weighted by molar-refractivity contribution is 5.62. The van der Waals surface area contributed by atoms with Gasteiger partial charge in [-0.3, -0.25) is 0 Å². The lowest BCUT2D eigenvalue weighted by atomic mass is 10.1. The zero-order chi connectivity index (χ0) is 20.9. The van der Waals surface area contributed by atoms with Crippen molar-refractivity contribution in [2.75, 3.05) is 18.9 Å². The van der Waals surface area contributed by atoms with Crippen molar-refractivity contribution in [3.05, 3.63) is 29.8 Å². The maximum atomic E-state index is 13.2. The van der Waals surface area contributed by atoms with Crippen LogP contribution in [0.5, 0.6) is 0 Å². The van der Waals surface area contributed by atoms with Crippen molar-refractivity contribution >= 4 is 5.82 Å². The van der Waals surface area contributed by atoms with Crippen LogP contribution in [0.25, 0.3) is 11.3 Å². The van der Waals surface area contributed by atoms with Crippen molar-refractivity contribution in [2.24, 2.45) is 11.8 Å². The summed E-state index contributed by atoms with van der Waals surface area (Å²) in [5, 5.41) is 12.3. The topological polar surface area (TPSA) is 89.0 Å². The molecule has 4 atom stereocenters. The number of alkyl halides is 3. The molecule has 4 N–H and O–H groups in total. The Morgan fingerprint density at radius 2 is 2.00 bits per heavy atom. The van der Waals surface area contributed by atoms with Crippen LogP contribution in [-0.2, 0) is 6.18 Å². The summed E-state index contributed by atoms with van der Waals surface area (Å²) in [7, 11) is 0. The molecule has 6 nitrogen and oxygen atoms in total. The first-order valence-corrected chi connectivity index (χ1v) is 9.96. The van der Waals surface area contributed by atoms with Gasteiger partial charge in [-0.2, -0.15) is 13.2 Å². The third-order valence-corrected chi connectivity index (χ3v) is 6.06. The van der Waals surface area contributed by atoms with E-state index in [9.17, 15) is 13.2 Å². The van der Waals surface area contributed by atoms with Crippen LogP contribution in [0.2, 0.25) is 0 Å². The summed E-state index contributed by atoms with van der Waals surface area (Å²) in [5.41, 5.74) is 5.31. The van der Waals surface area contributed by atoms with Crippen LogP contribution in [0, 0.1) is 11.8 Å². The first-order chi connectivity index (χ1) is 13.7. The van der Waals surface area contributed by atoms with E-state index in [0.29, 0.717) is 41.7 Å². The number of pyridine rings is 1. The fourth-order valence-electron chi connectivity index (χ4n) is 4.71. The molecule has 2 fully saturated rings. The second kappa shape index (κ2) is 7.28. The average molecular weight is 409 g/mol. The number of nitrogen functional groups attached to an aromatic ring is 1. The minimum atomic E-state index is -4.55. The van der Waals surface area contributed by atoms with Gasteiger partial charge in [-0.05, 0) is 30.7 Å². The largest absolute Gasteiger partial charge is 0.419 e. The highest BCUT2D eigenvalue weighted by Crippen LogP contribution is 2.61. The van der Waals surface area contributed by atoms with E-state index < -0.39 is 17.6 Å². The molecule has 0 radical (unpaired) electrons. The Morgan fingerprint density at radius 1 is 1.31 bits per heavy atom. The summed E-state index contributed by atoms with van der Waals surface area (Å²) in [6.45, 7) is 4.81. The number of aliphatic hydroxyl groups excluding tert-OH is 1. The normalized spacial score (nSPS) is 26.2. The van der Waals surface area contributed by atoms with Crippen molar-refractivity contribution in [1.82, 2.24) is 19.9 Å². The summed E-state index contributed by atoms with van der Waals surface area (Å²) in [4.78, 5) is 8.40. The van der Waals surface area contributed by atoms with Gasteiger partial charge in [0.25, 0.3) is 0 Å². The van der Waals surface area contributed by atoms with Gasteiger partial charge in [0.1, 0.15) is 11.6 Å². The Kier molecular flexibility index (Phi) is 5.06. The van der Waals surface area contributed by atoms with Gasteiger partial charge in [0.05, 0.1) is 17.9 Å². The molecular weight excluding hydrogens is 383 g/mol. The van der Waals surface area contributed by atoms with Gasteiger partial charge in [0.15, 0.2) is 0 Å². The third kappa shape index (κ3) is 3.73. The lowest BCUT2D eigenvalue weighted by Gasteiger charge is -2.17. The minimum Gasteiger partial charge on any atom is -0.395 e. The van der Waals surface area contributed by atoms with Crippen molar-refractivity contribution in [2.45, 2.75) is 50.9 Å². The molecule has 2 aromatic rings. The van der Waals surface area contributed by atoms with E-state index in [-0.39, 0.29) is 12.5 Å². The second-order valence-corrected chi connectivity index (χ2v) is 8.37. The molecule has 2 unspecified atom stereocenters. The van der Waals surface area contributed by atoms with Crippen LogP contribution in [0.3, 0.4) is 0 Å². The highest BCUT2D eigenvalue weighted by Gasteiger charge is 2.57. The van der Waals surface area contributed by atoms with E-state index in [1.54, 1.807) is 0 Å². The zero-order valence-electron chi connectivity index (χ0n) is 16.4. The van der Waals surface area contributed by atoms with Crippen molar-refractivity contribution in [3.8, 4) is 11.3 Å². The monoisotopic (exact) mass is 409 g/mol. The standard InChI is InChI=1S/C20H26F3N5O/c1-10(2)19-27-16(11-5-15(20(21,22)23)18(24)26-8-11)9-28(19)17-13-6-12(7-14(13)17)25-3-4-29/h5,8-10,12-14,17,25,29H,3-4,6-7H2,1-2H3,(H2,24,26)/t12?,13-,14+,17?. The number of hydrogen-bond donors (Lipinski definition) is 3. The quantitative estimate of drug-likeness (QED) is 0.682. The summed E-state index contributed by atoms with van der Waals surface area (Å²) >= 11 is 0. The van der Waals surface area contributed by atoms with E-state index in [4.69, 9.17) is 10.8 Å². The summed E-state index contributed by atoms with van der Waals surface area (Å²) < 4.78 is 41.8. The number of aliphatic hydroxyl groups is 1. The van der Waals surface area contributed by atoms with Crippen LogP contribution in [0.4, 0.5) is 19.0 Å². The number of nitrogens with zero attached hydrogens (tertiary/aromatic N) is 3. The molecule has 0 aliphatic heterocycles. The van der Waals surface area contributed by atoms with Gasteiger partial charge in [-0.15, -0.1) is 0 Å². The number of aromatic nitrogens is 3. The first-order valence-electron chi connectivity index (χ1n) is 9.96. The molecule has 2 heterocycles. The maximum Gasteiger partial charge on any atom is 0.419 e. The molecule has 2 aliphatic rings. The van der Waals surface area contributed by atoms with Gasteiger partial charge >= 0.3 is 6.18 Å². The Hall–Kier alpha value is -2.13. The Bertz CT molecular complexity index is 883. The van der Waals surface area contributed by atoms with Gasteiger partial charge in [0.2, 0.25) is 0 Å². The van der Waals surface area contributed by atoms with Crippen LogP contribution in [0.1, 0.15) is 50.0 Å². The molecular formula is C20H26F3N5O. The van der Waals surface area contributed by atoms with E-state index in [2.05, 4.69) is 19.9 Å². The SMILES string of the molecule is CC(C)c1nc(-c2cnc(N)c(C(F)(F)F)c2)cn1C1[C@H]2CC(NCCO)C[C@@H]12. The number of halogens is 3. The van der Waals surface area contributed by atoms with E-state index in [1.165, 1.54) is 6.20 Å². The fourth-order valence-corrected chi connectivity index (χ4v) is 4.71. The van der Waals surface area contributed by atoms with Crippen LogP contribution in [-0.4, -0.2) is 38.8 Å². The first kappa shape index (κ1) is 20.2. The molecule has 0 aromatic carbocycles. The molecule has 4 rings (SSSR count). The highest BCUT2D eigenvalue weighted by atomic mass is 19.4. The predicted octanol–water partition coefficient (Wildman–Crippen LogP) is 3.20. The number of nitrogens with one attached hydrogen (secondary N) is 1. The fraction of sp³-hybridized carbons (Fsp3) is 0.600. The predicted molar refractivity (Wildman–Crippen MR) is 103 cm³/mol. The van der Waals surface area contributed by atoms with Gasteiger partial charge in [-0.25, -0.2) is 9.97 Å². The number of fused-ring (bicyclic) bond motifs is 1. The summed E-state index contributed by atoms with van der Waals surface area (Å²) in [5.74, 6) is 1.59. The number of nitrogens with two attached hydrogens (primary N) is 1. The van der Waals surface area contributed by atoms with Crippen molar-refractivity contribution < 1.29 is 18.3 Å². The third-order valence-electron chi connectivity index (χ3n) is 6.06. The lowest BCUT2D eigenvalue weighted by Crippen LogP contribution is -2.31. The molecule has 0 amide bonds. The zero-order valence-corrected chi connectivity index (χ0v) is 16.4. The number of anilines is 1. The summed E-state index contributed by atoms with van der Waals surface area (Å²) in [6.07, 6.45) is 0.746. The van der Waals surface area contributed by atoms with Gasteiger partial charge in [0, 0.05) is 42.5 Å². The van der Waals surface area contributed by atoms with E-state index >= 15 is 0 Å². The van der Waals surface area contributed by atoms with E-state index in [0.717, 1.165) is 24.7 Å². The number of hydrogen-bond acceptors (Lipinski definition) is 5. The minimum absolute atomic E-state index is 0.132. The van der Waals surface area contributed by atoms with Crippen LogP contribution < -0.4 is 11.1 Å². The molecule has 0 saturated heterocycles. The number of rotatable bonds is 6. The van der Waals surface area contributed by atoms with Gasteiger partial charge in [-0.1, -0.05) is 13.8 Å². The molecule has 9 heteroatoms. The summed E-state index contributed by atoms with van der Waals surface area (Å²) in [6, 6.07) is 1.79. The Balaban J connectivity index is 1.60. The van der Waals surface area contributed by atoms with Gasteiger partial charge < -0.3 is 20.7 Å². The molecule has 0 spiro atoms. The molecule has 29 heavy (non-hydrogen) atoms.